The summed E-state index contributed by atoms with van der Waals surface area (Å²) in [4.78, 5) is 11.3. The standard InChI is InChI=1S/C13H19N5/c1-8-6-11(12(14)15)17-13(16-8)18(10-4-5-10)7-9-2-3-9/h6,9-10H,2-5,7H2,1H3,(H3,14,15). The third kappa shape index (κ3) is 2.44. The van der Waals surface area contributed by atoms with Crippen LogP contribution in [-0.4, -0.2) is 28.4 Å². The molecular formula is C13H19N5. The quantitative estimate of drug-likeness (QED) is 0.608. The Kier molecular flexibility index (Phi) is 2.69. The van der Waals surface area contributed by atoms with E-state index >= 15 is 0 Å². The Morgan fingerprint density at radius 3 is 2.67 bits per heavy atom. The van der Waals surface area contributed by atoms with E-state index < -0.39 is 0 Å². The summed E-state index contributed by atoms with van der Waals surface area (Å²) in [5.74, 6) is 1.59. The number of amidine groups is 1. The minimum atomic E-state index is 0.0175. The van der Waals surface area contributed by atoms with Gasteiger partial charge in [0.05, 0.1) is 0 Å². The first-order valence-electron chi connectivity index (χ1n) is 6.60. The van der Waals surface area contributed by atoms with E-state index in [-0.39, 0.29) is 5.84 Å². The maximum Gasteiger partial charge on any atom is 0.226 e. The van der Waals surface area contributed by atoms with Crippen LogP contribution in [0.15, 0.2) is 6.07 Å². The molecule has 1 aromatic heterocycles. The summed E-state index contributed by atoms with van der Waals surface area (Å²) >= 11 is 0. The Labute approximate surface area is 107 Å². The van der Waals surface area contributed by atoms with Gasteiger partial charge in [-0.3, -0.25) is 5.41 Å². The number of hydrogen-bond acceptors (Lipinski definition) is 4. The van der Waals surface area contributed by atoms with Gasteiger partial charge in [0.15, 0.2) is 0 Å². The third-order valence-corrected chi connectivity index (χ3v) is 3.51. The molecule has 0 unspecified atom stereocenters. The van der Waals surface area contributed by atoms with Crippen LogP contribution in [0.3, 0.4) is 0 Å². The molecule has 1 aromatic rings. The van der Waals surface area contributed by atoms with Crippen LogP contribution in [0.1, 0.15) is 37.1 Å². The second-order valence-corrected chi connectivity index (χ2v) is 5.44. The van der Waals surface area contributed by atoms with Crippen molar-refractivity contribution in [1.82, 2.24) is 9.97 Å². The average molecular weight is 245 g/mol. The molecule has 1 heterocycles. The van der Waals surface area contributed by atoms with Gasteiger partial charge in [-0.1, -0.05) is 0 Å². The van der Waals surface area contributed by atoms with Gasteiger partial charge in [-0.05, 0) is 44.6 Å². The molecule has 0 aromatic carbocycles. The second-order valence-electron chi connectivity index (χ2n) is 5.44. The largest absolute Gasteiger partial charge is 0.382 e. The number of nitrogens with two attached hydrogens (primary N) is 1. The van der Waals surface area contributed by atoms with E-state index in [1.54, 1.807) is 6.07 Å². The summed E-state index contributed by atoms with van der Waals surface area (Å²) in [6.45, 7) is 2.99. The van der Waals surface area contributed by atoms with Crippen LogP contribution in [0, 0.1) is 18.3 Å². The van der Waals surface area contributed by atoms with E-state index in [1.807, 2.05) is 6.92 Å². The summed E-state index contributed by atoms with van der Waals surface area (Å²) in [5.41, 5.74) is 6.95. The van der Waals surface area contributed by atoms with Crippen LogP contribution in [-0.2, 0) is 0 Å². The Bertz CT molecular complexity index is 476. The Morgan fingerprint density at radius 1 is 1.39 bits per heavy atom. The molecule has 0 aliphatic heterocycles. The minimum absolute atomic E-state index is 0.0175. The molecule has 0 atom stereocenters. The zero-order valence-corrected chi connectivity index (χ0v) is 10.7. The molecule has 0 amide bonds. The molecule has 2 aliphatic rings. The van der Waals surface area contributed by atoms with E-state index in [0.717, 1.165) is 24.1 Å². The topological polar surface area (TPSA) is 78.9 Å². The number of nitrogens with zero attached hydrogens (tertiary/aromatic N) is 3. The molecule has 18 heavy (non-hydrogen) atoms. The average Bonchev–Trinajstić information content (AvgIpc) is 3.17. The zero-order chi connectivity index (χ0) is 12.7. The molecule has 0 bridgehead atoms. The number of aryl methyl sites for hydroxylation is 1. The predicted molar refractivity (Wildman–Crippen MR) is 70.9 cm³/mol. The van der Waals surface area contributed by atoms with Gasteiger partial charge in [0.2, 0.25) is 5.95 Å². The van der Waals surface area contributed by atoms with Crippen LogP contribution < -0.4 is 10.6 Å². The first-order valence-corrected chi connectivity index (χ1v) is 6.60. The Hall–Kier alpha value is -1.65. The first-order chi connectivity index (χ1) is 8.63. The number of nitrogen functional groups attached to an aromatic ring is 1. The van der Waals surface area contributed by atoms with Crippen molar-refractivity contribution in [2.24, 2.45) is 11.7 Å². The molecule has 2 fully saturated rings. The highest BCUT2D eigenvalue weighted by Crippen LogP contribution is 2.36. The molecule has 5 nitrogen and oxygen atoms in total. The molecule has 5 heteroatoms. The van der Waals surface area contributed by atoms with Gasteiger partial charge < -0.3 is 10.6 Å². The normalized spacial score (nSPS) is 18.7. The fourth-order valence-electron chi connectivity index (χ4n) is 2.18. The van der Waals surface area contributed by atoms with Gasteiger partial charge in [0, 0.05) is 18.3 Å². The monoisotopic (exact) mass is 245 g/mol. The lowest BCUT2D eigenvalue weighted by Gasteiger charge is -2.23. The van der Waals surface area contributed by atoms with Crippen molar-refractivity contribution in [3.8, 4) is 0 Å². The Balaban J connectivity index is 1.89. The van der Waals surface area contributed by atoms with Crippen molar-refractivity contribution in [1.29, 1.82) is 5.41 Å². The number of anilines is 1. The van der Waals surface area contributed by atoms with Crippen LogP contribution >= 0.6 is 0 Å². The molecule has 2 saturated carbocycles. The SMILES string of the molecule is Cc1cc(C(=N)N)nc(N(CC2CC2)C2CC2)n1. The van der Waals surface area contributed by atoms with E-state index in [4.69, 9.17) is 11.1 Å². The molecular weight excluding hydrogens is 226 g/mol. The van der Waals surface area contributed by atoms with Crippen molar-refractivity contribution in [3.05, 3.63) is 17.5 Å². The maximum atomic E-state index is 7.52. The zero-order valence-electron chi connectivity index (χ0n) is 10.7. The highest BCUT2D eigenvalue weighted by atomic mass is 15.3. The fourth-order valence-corrected chi connectivity index (χ4v) is 2.18. The number of aromatic nitrogens is 2. The number of hydrogen-bond donors (Lipinski definition) is 2. The molecule has 0 spiro atoms. The van der Waals surface area contributed by atoms with Gasteiger partial charge in [0.25, 0.3) is 0 Å². The van der Waals surface area contributed by atoms with E-state index in [0.29, 0.717) is 11.7 Å². The first kappa shape index (κ1) is 11.4. The summed E-state index contributed by atoms with van der Waals surface area (Å²) < 4.78 is 0. The van der Waals surface area contributed by atoms with Crippen LogP contribution in [0.5, 0.6) is 0 Å². The van der Waals surface area contributed by atoms with Crippen molar-refractivity contribution in [2.75, 3.05) is 11.4 Å². The molecule has 96 valence electrons. The lowest BCUT2D eigenvalue weighted by atomic mass is 10.3. The maximum absolute atomic E-state index is 7.52. The van der Waals surface area contributed by atoms with Gasteiger partial charge in [-0.2, -0.15) is 0 Å². The fraction of sp³-hybridized carbons (Fsp3) is 0.615. The highest BCUT2D eigenvalue weighted by molar-refractivity contribution is 5.93. The molecule has 3 N–H and O–H groups in total. The molecule has 0 saturated heterocycles. The summed E-state index contributed by atoms with van der Waals surface area (Å²) in [6.07, 6.45) is 5.13. The van der Waals surface area contributed by atoms with Gasteiger partial charge >= 0.3 is 0 Å². The lowest BCUT2D eigenvalue weighted by molar-refractivity contribution is 0.694. The van der Waals surface area contributed by atoms with Crippen molar-refractivity contribution >= 4 is 11.8 Å². The minimum Gasteiger partial charge on any atom is -0.382 e. The van der Waals surface area contributed by atoms with Crippen LogP contribution in [0.25, 0.3) is 0 Å². The van der Waals surface area contributed by atoms with E-state index in [2.05, 4.69) is 14.9 Å². The van der Waals surface area contributed by atoms with Crippen LogP contribution in [0.2, 0.25) is 0 Å². The van der Waals surface area contributed by atoms with Gasteiger partial charge in [-0.15, -0.1) is 0 Å². The third-order valence-electron chi connectivity index (χ3n) is 3.51. The van der Waals surface area contributed by atoms with E-state index in [9.17, 15) is 0 Å². The van der Waals surface area contributed by atoms with Gasteiger partial charge in [0.1, 0.15) is 11.5 Å². The van der Waals surface area contributed by atoms with Crippen LogP contribution in [0.4, 0.5) is 5.95 Å². The lowest BCUT2D eigenvalue weighted by Crippen LogP contribution is -2.31. The molecule has 2 aliphatic carbocycles. The summed E-state index contributed by atoms with van der Waals surface area (Å²) in [6, 6.07) is 2.38. The highest BCUT2D eigenvalue weighted by Gasteiger charge is 2.35. The molecule has 3 rings (SSSR count). The number of rotatable bonds is 5. The summed E-state index contributed by atoms with van der Waals surface area (Å²) in [7, 11) is 0. The Morgan fingerprint density at radius 2 is 2.11 bits per heavy atom. The molecule has 0 radical (unpaired) electrons. The second kappa shape index (κ2) is 4.23. The number of nitrogens with one attached hydrogen (secondary N) is 1. The van der Waals surface area contributed by atoms with Crippen molar-refractivity contribution < 1.29 is 0 Å². The van der Waals surface area contributed by atoms with Gasteiger partial charge in [-0.25, -0.2) is 9.97 Å². The van der Waals surface area contributed by atoms with Crippen molar-refractivity contribution in [3.63, 3.8) is 0 Å². The van der Waals surface area contributed by atoms with Crippen molar-refractivity contribution in [2.45, 2.75) is 38.6 Å². The summed E-state index contributed by atoms with van der Waals surface area (Å²) in [5, 5.41) is 7.52. The van der Waals surface area contributed by atoms with E-state index in [1.165, 1.54) is 25.7 Å². The predicted octanol–water partition coefficient (Wildman–Crippen LogP) is 1.45. The smallest absolute Gasteiger partial charge is 0.226 e.